The van der Waals surface area contributed by atoms with Crippen molar-refractivity contribution < 1.29 is 14.3 Å². The van der Waals surface area contributed by atoms with Gasteiger partial charge >= 0.3 is 0 Å². The summed E-state index contributed by atoms with van der Waals surface area (Å²) in [7, 11) is 0. The average molecular weight is 318 g/mol. The number of carbonyl (C=O) groups excluding carboxylic acids is 1. The highest BCUT2D eigenvalue weighted by molar-refractivity contribution is 9.10. The maximum absolute atomic E-state index is 13.6. The summed E-state index contributed by atoms with van der Waals surface area (Å²) in [6.07, 6.45) is 3.51. The standard InChI is InChI=1S/C13H17BrFNO2/c14-11-7-5-6-10(12(11)15)13(18)16-8-3-1-2-4-9-17/h5-7,17H,1-4,8-9H2,(H,16,18). The zero-order chi connectivity index (χ0) is 13.4. The SMILES string of the molecule is O=C(NCCCCCCO)c1cccc(Br)c1F. The summed E-state index contributed by atoms with van der Waals surface area (Å²) < 4.78 is 13.9. The van der Waals surface area contributed by atoms with Gasteiger partial charge < -0.3 is 10.4 Å². The molecule has 0 aliphatic carbocycles. The Morgan fingerprint density at radius 1 is 1.28 bits per heavy atom. The van der Waals surface area contributed by atoms with Gasteiger partial charge in [-0.15, -0.1) is 0 Å². The summed E-state index contributed by atoms with van der Waals surface area (Å²) in [5.41, 5.74) is 0.0553. The fourth-order valence-corrected chi connectivity index (χ4v) is 1.93. The van der Waals surface area contributed by atoms with Gasteiger partial charge in [0.2, 0.25) is 0 Å². The van der Waals surface area contributed by atoms with Gasteiger partial charge in [-0.25, -0.2) is 4.39 Å². The van der Waals surface area contributed by atoms with Crippen molar-refractivity contribution in [2.24, 2.45) is 0 Å². The molecular formula is C13H17BrFNO2. The molecule has 1 aromatic carbocycles. The van der Waals surface area contributed by atoms with Crippen LogP contribution in [0.1, 0.15) is 36.0 Å². The molecule has 0 aliphatic rings. The molecular weight excluding hydrogens is 301 g/mol. The quantitative estimate of drug-likeness (QED) is 0.760. The second kappa shape index (κ2) is 8.21. The van der Waals surface area contributed by atoms with E-state index in [1.165, 1.54) is 6.07 Å². The predicted molar refractivity (Wildman–Crippen MR) is 72.0 cm³/mol. The van der Waals surface area contributed by atoms with Gasteiger partial charge in [0.25, 0.3) is 5.91 Å². The number of aliphatic hydroxyl groups excluding tert-OH is 1. The summed E-state index contributed by atoms with van der Waals surface area (Å²) in [6, 6.07) is 4.64. The molecule has 0 atom stereocenters. The Hall–Kier alpha value is -0.940. The Balaban J connectivity index is 2.35. The van der Waals surface area contributed by atoms with Crippen molar-refractivity contribution in [2.75, 3.05) is 13.2 Å². The van der Waals surface area contributed by atoms with Crippen molar-refractivity contribution >= 4 is 21.8 Å². The van der Waals surface area contributed by atoms with Crippen molar-refractivity contribution in [1.82, 2.24) is 5.32 Å². The van der Waals surface area contributed by atoms with Crippen LogP contribution in [0.3, 0.4) is 0 Å². The number of hydrogen-bond donors (Lipinski definition) is 2. The normalized spacial score (nSPS) is 10.4. The topological polar surface area (TPSA) is 49.3 Å². The molecule has 3 nitrogen and oxygen atoms in total. The summed E-state index contributed by atoms with van der Waals surface area (Å²) >= 11 is 3.05. The van der Waals surface area contributed by atoms with E-state index in [9.17, 15) is 9.18 Å². The molecule has 0 saturated carbocycles. The molecule has 0 spiro atoms. The molecule has 0 radical (unpaired) electrons. The molecule has 100 valence electrons. The molecule has 0 saturated heterocycles. The maximum Gasteiger partial charge on any atom is 0.254 e. The van der Waals surface area contributed by atoms with Crippen LogP contribution in [0.5, 0.6) is 0 Å². The Morgan fingerprint density at radius 2 is 2.00 bits per heavy atom. The van der Waals surface area contributed by atoms with Crippen molar-refractivity contribution in [2.45, 2.75) is 25.7 Å². The highest BCUT2D eigenvalue weighted by atomic mass is 79.9. The van der Waals surface area contributed by atoms with Crippen molar-refractivity contribution in [3.8, 4) is 0 Å². The van der Waals surface area contributed by atoms with Gasteiger partial charge in [0.15, 0.2) is 0 Å². The lowest BCUT2D eigenvalue weighted by Gasteiger charge is -2.06. The van der Waals surface area contributed by atoms with E-state index in [2.05, 4.69) is 21.2 Å². The van der Waals surface area contributed by atoms with Crippen LogP contribution in [0.25, 0.3) is 0 Å². The first kappa shape index (κ1) is 15.1. The third-order valence-electron chi connectivity index (χ3n) is 2.57. The minimum absolute atomic E-state index is 0.0553. The number of carbonyl (C=O) groups is 1. The number of rotatable bonds is 7. The van der Waals surface area contributed by atoms with Gasteiger partial charge in [0.1, 0.15) is 5.82 Å². The van der Waals surface area contributed by atoms with E-state index < -0.39 is 11.7 Å². The van der Waals surface area contributed by atoms with Gasteiger partial charge in [0, 0.05) is 13.2 Å². The number of amides is 1. The van der Waals surface area contributed by atoms with Crippen LogP contribution in [0, 0.1) is 5.82 Å². The van der Waals surface area contributed by atoms with E-state index in [1.807, 2.05) is 0 Å². The monoisotopic (exact) mass is 317 g/mol. The minimum atomic E-state index is -0.532. The van der Waals surface area contributed by atoms with Gasteiger partial charge in [-0.05, 0) is 40.9 Å². The molecule has 0 fully saturated rings. The molecule has 1 amide bonds. The van der Waals surface area contributed by atoms with E-state index in [4.69, 9.17) is 5.11 Å². The summed E-state index contributed by atoms with van der Waals surface area (Å²) in [4.78, 5) is 11.7. The highest BCUT2D eigenvalue weighted by Gasteiger charge is 2.12. The number of hydrogen-bond acceptors (Lipinski definition) is 2. The fourth-order valence-electron chi connectivity index (χ4n) is 1.57. The third-order valence-corrected chi connectivity index (χ3v) is 3.18. The highest BCUT2D eigenvalue weighted by Crippen LogP contribution is 2.18. The zero-order valence-corrected chi connectivity index (χ0v) is 11.7. The van der Waals surface area contributed by atoms with E-state index in [0.29, 0.717) is 6.54 Å². The summed E-state index contributed by atoms with van der Waals surface area (Å²) in [5, 5.41) is 11.3. The number of nitrogens with one attached hydrogen (secondary N) is 1. The van der Waals surface area contributed by atoms with E-state index in [1.54, 1.807) is 12.1 Å². The second-order valence-corrected chi connectivity index (χ2v) is 4.85. The van der Waals surface area contributed by atoms with Crippen molar-refractivity contribution in [3.05, 3.63) is 34.1 Å². The maximum atomic E-state index is 13.6. The molecule has 0 aliphatic heterocycles. The van der Waals surface area contributed by atoms with Crippen LogP contribution in [0.4, 0.5) is 4.39 Å². The Kier molecular flexibility index (Phi) is 6.90. The molecule has 1 aromatic rings. The van der Waals surface area contributed by atoms with Crippen molar-refractivity contribution in [1.29, 1.82) is 0 Å². The molecule has 1 rings (SSSR count). The first-order valence-corrected chi connectivity index (χ1v) is 6.79. The smallest absolute Gasteiger partial charge is 0.254 e. The van der Waals surface area contributed by atoms with Gasteiger partial charge in [-0.3, -0.25) is 4.79 Å². The molecule has 2 N–H and O–H groups in total. The molecule has 0 bridgehead atoms. The fraction of sp³-hybridized carbons (Fsp3) is 0.462. The zero-order valence-electron chi connectivity index (χ0n) is 10.1. The van der Waals surface area contributed by atoms with E-state index in [0.717, 1.165) is 25.7 Å². The summed E-state index contributed by atoms with van der Waals surface area (Å²) in [5.74, 6) is -0.925. The molecule has 0 unspecified atom stereocenters. The van der Waals surface area contributed by atoms with E-state index >= 15 is 0 Å². The minimum Gasteiger partial charge on any atom is -0.396 e. The number of benzene rings is 1. The lowest BCUT2D eigenvalue weighted by Crippen LogP contribution is -2.25. The van der Waals surface area contributed by atoms with Gasteiger partial charge in [0.05, 0.1) is 10.0 Å². The lowest BCUT2D eigenvalue weighted by molar-refractivity contribution is 0.0948. The molecule has 0 heterocycles. The predicted octanol–water partition coefficient (Wildman–Crippen LogP) is 2.87. The van der Waals surface area contributed by atoms with Crippen LogP contribution >= 0.6 is 15.9 Å². The van der Waals surface area contributed by atoms with Gasteiger partial charge in [-0.2, -0.15) is 0 Å². The Morgan fingerprint density at radius 3 is 2.72 bits per heavy atom. The summed E-state index contributed by atoms with van der Waals surface area (Å²) in [6.45, 7) is 0.728. The van der Waals surface area contributed by atoms with Crippen LogP contribution < -0.4 is 5.32 Å². The first-order valence-electron chi connectivity index (χ1n) is 6.00. The van der Waals surface area contributed by atoms with Crippen LogP contribution in [0.2, 0.25) is 0 Å². The van der Waals surface area contributed by atoms with Crippen LogP contribution in [-0.4, -0.2) is 24.2 Å². The number of halogens is 2. The van der Waals surface area contributed by atoms with Crippen LogP contribution in [-0.2, 0) is 0 Å². The largest absolute Gasteiger partial charge is 0.396 e. The molecule has 5 heteroatoms. The Labute approximate surface area is 115 Å². The van der Waals surface area contributed by atoms with Crippen LogP contribution in [0.15, 0.2) is 22.7 Å². The van der Waals surface area contributed by atoms with Crippen molar-refractivity contribution in [3.63, 3.8) is 0 Å². The molecule has 0 aromatic heterocycles. The van der Waals surface area contributed by atoms with E-state index in [-0.39, 0.29) is 16.6 Å². The number of aliphatic hydroxyl groups is 1. The van der Waals surface area contributed by atoms with Gasteiger partial charge in [-0.1, -0.05) is 18.9 Å². The average Bonchev–Trinajstić information content (AvgIpc) is 2.36. The third kappa shape index (κ3) is 4.74. The number of unbranched alkanes of at least 4 members (excludes halogenated alkanes) is 3. The Bertz CT molecular complexity index is 399. The lowest BCUT2D eigenvalue weighted by atomic mass is 10.2. The molecule has 18 heavy (non-hydrogen) atoms. The second-order valence-electron chi connectivity index (χ2n) is 4.00. The first-order chi connectivity index (χ1) is 8.66.